The van der Waals surface area contributed by atoms with E-state index >= 15 is 4.79 Å². The first-order valence-electron chi connectivity index (χ1n) is 25.7. The Morgan fingerprint density at radius 1 is 0.775 bits per heavy atom. The molecule has 5 aliphatic rings. The van der Waals surface area contributed by atoms with Gasteiger partial charge in [0.1, 0.15) is 17.3 Å². The van der Waals surface area contributed by atoms with Crippen molar-refractivity contribution in [1.29, 1.82) is 0 Å². The van der Waals surface area contributed by atoms with Crippen molar-refractivity contribution in [2.45, 2.75) is 103 Å². The van der Waals surface area contributed by atoms with Crippen LogP contribution in [0.1, 0.15) is 115 Å². The van der Waals surface area contributed by atoms with Crippen LogP contribution in [0.5, 0.6) is 11.5 Å². The first kappa shape index (κ1) is 46.1. The van der Waals surface area contributed by atoms with Gasteiger partial charge in [0.2, 0.25) is 11.9 Å². The van der Waals surface area contributed by atoms with Gasteiger partial charge in [-0.05, 0) is 140 Å². The molecule has 8 bridgehead atoms. The van der Waals surface area contributed by atoms with Crippen LogP contribution in [0.2, 0.25) is 0 Å². The number of aromatic nitrogens is 4. The first-order chi connectivity index (χ1) is 34.7. The number of hydrogen-bond donors (Lipinski definition) is 2. The van der Waals surface area contributed by atoms with Crippen LogP contribution in [-0.2, 0) is 17.8 Å². The van der Waals surface area contributed by atoms with E-state index in [1.807, 2.05) is 100 Å². The monoisotopic (exact) mass is 949 g/mol. The Morgan fingerprint density at radius 2 is 1.55 bits per heavy atom. The van der Waals surface area contributed by atoms with E-state index in [1.54, 1.807) is 7.11 Å². The molecule has 12 nitrogen and oxygen atoms in total. The summed E-state index contributed by atoms with van der Waals surface area (Å²) in [6.07, 6.45) is 15.4. The smallest absolute Gasteiger partial charge is 0.254 e. The molecule has 4 N–H and O–H groups in total. The Balaban J connectivity index is 0.922. The van der Waals surface area contributed by atoms with Gasteiger partial charge < -0.3 is 39.9 Å². The molecule has 4 heterocycles. The van der Waals surface area contributed by atoms with Gasteiger partial charge in [-0.1, -0.05) is 80.8 Å². The van der Waals surface area contributed by atoms with Gasteiger partial charge in [-0.25, -0.2) is 9.97 Å². The quantitative estimate of drug-likeness (QED) is 0.123. The minimum Gasteiger partial charge on any atom is -0.496 e. The topological polar surface area (TPSA) is 147 Å². The van der Waals surface area contributed by atoms with Gasteiger partial charge in [0.25, 0.3) is 11.8 Å². The largest absolute Gasteiger partial charge is 0.496 e. The van der Waals surface area contributed by atoms with Gasteiger partial charge in [0, 0.05) is 53.9 Å². The number of nitrogen functional groups attached to an aromatic ring is 2. The number of benzene rings is 5. The molecule has 1 unspecified atom stereocenters. The third kappa shape index (κ3) is 9.04. The van der Waals surface area contributed by atoms with Crippen LogP contribution in [0.3, 0.4) is 0 Å². The molecule has 0 spiro atoms. The molecule has 0 saturated heterocycles. The molecule has 2 aromatic heterocycles. The lowest BCUT2D eigenvalue weighted by Crippen LogP contribution is -2.48. The van der Waals surface area contributed by atoms with Gasteiger partial charge >= 0.3 is 0 Å². The number of para-hydroxylation sites is 1. The summed E-state index contributed by atoms with van der Waals surface area (Å²) in [6.45, 7) is 4.42. The predicted molar refractivity (Wildman–Crippen MR) is 281 cm³/mol. The Bertz CT molecular complexity index is 3170. The molecule has 7 aromatic rings. The van der Waals surface area contributed by atoms with Crippen LogP contribution in [-0.4, -0.2) is 73.0 Å². The molecule has 2 aliphatic heterocycles. The van der Waals surface area contributed by atoms with Gasteiger partial charge in [0.15, 0.2) is 0 Å². The van der Waals surface area contributed by atoms with Crippen LogP contribution in [0.15, 0.2) is 133 Å². The third-order valence-electron chi connectivity index (χ3n) is 16.0. The second kappa shape index (κ2) is 19.5. The van der Waals surface area contributed by atoms with Gasteiger partial charge in [0.05, 0.1) is 42.3 Å². The number of nitrogens with two attached hydrogens (primary N) is 2. The molecule has 2 fully saturated rings. The Hall–Kier alpha value is -7.34. The fourth-order valence-electron chi connectivity index (χ4n) is 12.2. The van der Waals surface area contributed by atoms with E-state index in [0.717, 1.165) is 120 Å². The number of fused-ring (bicyclic) bond motifs is 4. The number of rotatable bonds is 12. The van der Waals surface area contributed by atoms with Crippen molar-refractivity contribution >= 4 is 51.4 Å². The molecular weight excluding hydrogens is 885 g/mol. The molecular formula is C59H64N8O4. The van der Waals surface area contributed by atoms with Crippen molar-refractivity contribution in [3.05, 3.63) is 161 Å². The number of anilines is 2. The highest BCUT2D eigenvalue weighted by Crippen LogP contribution is 2.52. The summed E-state index contributed by atoms with van der Waals surface area (Å²) in [5.74, 6) is 3.33. The number of amides is 2. The minimum atomic E-state index is -0.189. The first-order valence-corrected chi connectivity index (χ1v) is 25.7. The summed E-state index contributed by atoms with van der Waals surface area (Å²) >= 11 is 0. The van der Waals surface area contributed by atoms with Crippen molar-refractivity contribution in [1.82, 2.24) is 28.9 Å². The van der Waals surface area contributed by atoms with Crippen molar-refractivity contribution in [3.63, 3.8) is 0 Å². The van der Waals surface area contributed by atoms with Crippen LogP contribution < -0.4 is 16.2 Å². The zero-order valence-electron chi connectivity index (χ0n) is 40.9. The van der Waals surface area contributed by atoms with Crippen molar-refractivity contribution in [2.75, 3.05) is 31.7 Å². The maximum absolute atomic E-state index is 15.3. The third-order valence-corrected chi connectivity index (χ3v) is 16.0. The minimum absolute atomic E-state index is 0.0563. The summed E-state index contributed by atoms with van der Waals surface area (Å²) in [5.41, 5.74) is 21.8. The molecule has 3 aliphatic carbocycles. The summed E-state index contributed by atoms with van der Waals surface area (Å²) in [4.78, 5) is 43.7. The molecule has 2 saturated carbocycles. The highest BCUT2D eigenvalue weighted by molar-refractivity contribution is 5.95. The van der Waals surface area contributed by atoms with E-state index in [1.165, 1.54) is 6.42 Å². The zero-order chi connectivity index (χ0) is 48.6. The van der Waals surface area contributed by atoms with Crippen LogP contribution in [0.4, 0.5) is 11.9 Å². The molecule has 12 rings (SSSR count). The number of hydrogen-bond acceptors (Lipinski definition) is 8. The fraction of sp³-hybridized carbons (Fsp3) is 0.356. The maximum atomic E-state index is 15.3. The van der Waals surface area contributed by atoms with Crippen LogP contribution in [0, 0.1) is 11.3 Å². The summed E-state index contributed by atoms with van der Waals surface area (Å²) in [7, 11) is 1.76. The van der Waals surface area contributed by atoms with E-state index in [2.05, 4.69) is 58.1 Å². The Kier molecular flexibility index (Phi) is 12.6. The summed E-state index contributed by atoms with van der Waals surface area (Å²) in [5, 5.41) is 0. The average Bonchev–Trinajstić information content (AvgIpc) is 4.08. The van der Waals surface area contributed by atoms with E-state index in [-0.39, 0.29) is 35.2 Å². The number of ether oxygens (including phenoxy) is 2. The van der Waals surface area contributed by atoms with E-state index < -0.39 is 0 Å². The molecule has 2 amide bonds. The lowest BCUT2D eigenvalue weighted by Gasteiger charge is -2.47. The van der Waals surface area contributed by atoms with Gasteiger partial charge in [-0.3, -0.25) is 9.59 Å². The second-order valence-electron chi connectivity index (χ2n) is 20.3. The Labute approximate surface area is 416 Å². The lowest BCUT2D eigenvalue weighted by molar-refractivity contribution is 0.0345. The number of imidazole rings is 2. The maximum Gasteiger partial charge on any atom is 0.254 e. The number of methoxy groups -OCH3 is 1. The number of carbonyl (C=O) groups excluding carboxylic acids is 2. The van der Waals surface area contributed by atoms with E-state index in [9.17, 15) is 4.79 Å². The predicted octanol–water partition coefficient (Wildman–Crippen LogP) is 11.6. The normalized spacial score (nSPS) is 20.3. The highest BCUT2D eigenvalue weighted by Gasteiger charge is 2.45. The van der Waals surface area contributed by atoms with Gasteiger partial charge in [-0.2, -0.15) is 0 Å². The fourth-order valence-corrected chi connectivity index (χ4v) is 12.2. The molecule has 12 heteroatoms. The lowest BCUT2D eigenvalue weighted by atomic mass is 9.63. The number of nitrogens with zero attached hydrogens (tertiary/aromatic N) is 6. The summed E-state index contributed by atoms with van der Waals surface area (Å²) in [6, 6.07) is 38.2. The molecule has 364 valence electrons. The van der Waals surface area contributed by atoms with Crippen molar-refractivity contribution in [3.8, 4) is 11.5 Å². The zero-order valence-corrected chi connectivity index (χ0v) is 40.9. The second-order valence-corrected chi connectivity index (χ2v) is 20.3. The van der Waals surface area contributed by atoms with Crippen molar-refractivity contribution in [2.24, 2.45) is 11.3 Å². The molecule has 0 radical (unpaired) electrons. The molecule has 5 aromatic carbocycles. The highest BCUT2D eigenvalue weighted by atomic mass is 16.5. The Morgan fingerprint density at radius 3 is 2.35 bits per heavy atom. The molecule has 71 heavy (non-hydrogen) atoms. The van der Waals surface area contributed by atoms with Crippen LogP contribution in [0.25, 0.3) is 27.6 Å². The van der Waals surface area contributed by atoms with E-state index in [0.29, 0.717) is 55.0 Å². The van der Waals surface area contributed by atoms with E-state index in [4.69, 9.17) is 25.9 Å². The number of allylic oxidation sites excluding steroid dienone is 3. The SMILES string of the molecule is CCCN1C(=O)c2cccc(c2)Cn2c(N)nc3ccc(cc32)C2=CC(C=C2OC)C2(CCN(C(=O)c3cccc(Cn4c(N)nc5ccc(Oc6ccccc6)cc54)c3)C3CCCCC3)CCC1CC2. The summed E-state index contributed by atoms with van der Waals surface area (Å²) < 4.78 is 16.4. The number of carbonyl (C=O) groups is 2. The average molecular weight is 949 g/mol. The molecule has 1 atom stereocenters. The van der Waals surface area contributed by atoms with Gasteiger partial charge in [-0.15, -0.1) is 0 Å². The van der Waals surface area contributed by atoms with Crippen LogP contribution >= 0.6 is 0 Å². The van der Waals surface area contributed by atoms with Crippen molar-refractivity contribution < 1.29 is 19.1 Å². The standard InChI is InChI=1S/C59H64N8O4/c1-3-29-64-46-24-26-59(27-25-46,44-34-49(54(35-44)70-2)41-20-22-50-52(33-41)66(57(60)62-50)37-39-12-10-14-42(31-39)55(64)68)28-30-65(45-16-6-4-7-17-45)56(69)43-15-11-13-40(32-43)38-67-53-36-48(21-23-51(53)63-58(67)61)71-47-18-8-5-9-19-47/h5,8-15,18-23,31-36,44-46H,3-4,6-7,16-17,24-30,37-38H2,1-2H3,(H2,60,62)(H2,61,63).